The van der Waals surface area contributed by atoms with Crippen LogP contribution in [0.3, 0.4) is 0 Å². The molecule has 3 aromatic rings. The van der Waals surface area contributed by atoms with E-state index >= 15 is 0 Å². The second-order valence-electron chi connectivity index (χ2n) is 3.94. The average molecular weight is 236 g/mol. The lowest BCUT2D eigenvalue weighted by atomic mass is 10.1. The second kappa shape index (κ2) is 4.45. The summed E-state index contributed by atoms with van der Waals surface area (Å²) in [6.45, 7) is 0. The molecule has 0 aliphatic rings. The van der Waals surface area contributed by atoms with E-state index in [4.69, 9.17) is 4.74 Å². The van der Waals surface area contributed by atoms with Crippen LogP contribution in [0.5, 0.6) is 5.75 Å². The minimum atomic E-state index is 0.770. The van der Waals surface area contributed by atoms with E-state index in [1.54, 1.807) is 13.4 Å². The number of aromatic nitrogens is 2. The fraction of sp³-hybridized carbons (Fsp3) is 0.0667. The molecule has 88 valence electrons. The number of ether oxygens (including phenoxy) is 1. The third-order valence-corrected chi connectivity index (χ3v) is 2.89. The molecular weight excluding hydrogens is 224 g/mol. The fourth-order valence-electron chi connectivity index (χ4n) is 2.05. The van der Waals surface area contributed by atoms with Crippen molar-refractivity contribution in [3.05, 3.63) is 54.9 Å². The number of methoxy groups -OCH3 is 1. The Bertz CT molecular complexity index is 680. The summed E-state index contributed by atoms with van der Waals surface area (Å²) >= 11 is 0. The molecule has 0 aliphatic carbocycles. The lowest BCUT2D eigenvalue weighted by Crippen LogP contribution is -1.92. The van der Waals surface area contributed by atoms with Crippen LogP contribution < -0.4 is 4.74 Å². The molecule has 0 saturated heterocycles. The summed E-state index contributed by atoms with van der Waals surface area (Å²) in [6.07, 6.45) is 1.58. The first-order valence-corrected chi connectivity index (χ1v) is 5.73. The third-order valence-electron chi connectivity index (χ3n) is 2.89. The number of fused-ring (bicyclic) bond motifs is 1. The van der Waals surface area contributed by atoms with Crippen molar-refractivity contribution in [2.75, 3.05) is 7.11 Å². The summed E-state index contributed by atoms with van der Waals surface area (Å²) < 4.78 is 5.33. The van der Waals surface area contributed by atoms with Crippen LogP contribution >= 0.6 is 0 Å². The van der Waals surface area contributed by atoms with E-state index in [2.05, 4.69) is 9.97 Å². The van der Waals surface area contributed by atoms with Crippen molar-refractivity contribution < 1.29 is 4.74 Å². The first-order valence-electron chi connectivity index (χ1n) is 5.73. The zero-order valence-corrected chi connectivity index (χ0v) is 10.00. The standard InChI is InChI=1S/C15H12N2O/c1-18-13-9-5-8-12-14(16-10-17-15(12)13)11-6-3-2-4-7-11/h2-10H,1H3. The topological polar surface area (TPSA) is 35.0 Å². The molecule has 0 atom stereocenters. The van der Waals surface area contributed by atoms with E-state index in [0.717, 1.165) is 27.9 Å². The maximum atomic E-state index is 5.33. The number of rotatable bonds is 2. The monoisotopic (exact) mass is 236 g/mol. The van der Waals surface area contributed by atoms with Crippen LogP contribution in [-0.4, -0.2) is 17.1 Å². The van der Waals surface area contributed by atoms with Gasteiger partial charge in [0.1, 0.15) is 17.6 Å². The Hall–Kier alpha value is -2.42. The molecule has 0 fully saturated rings. The van der Waals surface area contributed by atoms with Gasteiger partial charge in [-0.05, 0) is 6.07 Å². The largest absolute Gasteiger partial charge is 0.494 e. The van der Waals surface area contributed by atoms with Gasteiger partial charge in [-0.2, -0.15) is 0 Å². The SMILES string of the molecule is COc1cccc2c(-c3ccccc3)ncnc12. The smallest absolute Gasteiger partial charge is 0.145 e. The van der Waals surface area contributed by atoms with Gasteiger partial charge in [-0.1, -0.05) is 42.5 Å². The predicted molar refractivity (Wildman–Crippen MR) is 71.5 cm³/mol. The number of hydrogen-bond acceptors (Lipinski definition) is 3. The molecular formula is C15H12N2O. The van der Waals surface area contributed by atoms with Gasteiger partial charge in [0.15, 0.2) is 0 Å². The molecule has 0 N–H and O–H groups in total. The lowest BCUT2D eigenvalue weighted by molar-refractivity contribution is 0.419. The van der Waals surface area contributed by atoms with Gasteiger partial charge in [0.2, 0.25) is 0 Å². The maximum absolute atomic E-state index is 5.33. The third kappa shape index (κ3) is 1.70. The van der Waals surface area contributed by atoms with Crippen LogP contribution in [0.15, 0.2) is 54.9 Å². The summed E-state index contributed by atoms with van der Waals surface area (Å²) in [7, 11) is 1.65. The molecule has 1 heterocycles. The minimum absolute atomic E-state index is 0.770. The van der Waals surface area contributed by atoms with Crippen molar-refractivity contribution in [3.8, 4) is 17.0 Å². The summed E-state index contributed by atoms with van der Waals surface area (Å²) in [4.78, 5) is 8.69. The Kier molecular flexibility index (Phi) is 2.65. The molecule has 3 nitrogen and oxygen atoms in total. The van der Waals surface area contributed by atoms with E-state index in [9.17, 15) is 0 Å². The first-order chi connectivity index (χ1) is 8.90. The van der Waals surface area contributed by atoms with Crippen LogP contribution in [0.1, 0.15) is 0 Å². The second-order valence-corrected chi connectivity index (χ2v) is 3.94. The van der Waals surface area contributed by atoms with Crippen molar-refractivity contribution in [2.45, 2.75) is 0 Å². The van der Waals surface area contributed by atoms with Crippen LogP contribution in [-0.2, 0) is 0 Å². The number of nitrogens with zero attached hydrogens (tertiary/aromatic N) is 2. The van der Waals surface area contributed by atoms with Gasteiger partial charge in [-0.3, -0.25) is 0 Å². The van der Waals surface area contributed by atoms with Gasteiger partial charge >= 0.3 is 0 Å². The Morgan fingerprint density at radius 2 is 1.72 bits per heavy atom. The maximum Gasteiger partial charge on any atom is 0.145 e. The predicted octanol–water partition coefficient (Wildman–Crippen LogP) is 3.31. The van der Waals surface area contributed by atoms with Crippen LogP contribution in [0.4, 0.5) is 0 Å². The van der Waals surface area contributed by atoms with Gasteiger partial charge in [0.25, 0.3) is 0 Å². The van der Waals surface area contributed by atoms with E-state index in [1.807, 2.05) is 48.5 Å². The van der Waals surface area contributed by atoms with Crippen LogP contribution in [0.25, 0.3) is 22.2 Å². The van der Waals surface area contributed by atoms with E-state index in [0.29, 0.717) is 0 Å². The normalized spacial score (nSPS) is 10.5. The number of hydrogen-bond donors (Lipinski definition) is 0. The van der Waals surface area contributed by atoms with E-state index < -0.39 is 0 Å². The highest BCUT2D eigenvalue weighted by molar-refractivity contribution is 5.95. The highest BCUT2D eigenvalue weighted by atomic mass is 16.5. The minimum Gasteiger partial charge on any atom is -0.494 e. The molecule has 2 aromatic carbocycles. The quantitative estimate of drug-likeness (QED) is 0.684. The molecule has 3 heteroatoms. The molecule has 0 saturated carbocycles. The van der Waals surface area contributed by atoms with Gasteiger partial charge < -0.3 is 4.74 Å². The number of para-hydroxylation sites is 1. The molecule has 0 amide bonds. The Labute approximate surface area is 105 Å². The zero-order valence-electron chi connectivity index (χ0n) is 10.00. The van der Waals surface area contributed by atoms with Gasteiger partial charge in [0, 0.05) is 10.9 Å². The molecule has 0 aliphatic heterocycles. The molecule has 18 heavy (non-hydrogen) atoms. The van der Waals surface area contributed by atoms with Crippen LogP contribution in [0, 0.1) is 0 Å². The van der Waals surface area contributed by atoms with E-state index in [1.165, 1.54) is 0 Å². The lowest BCUT2D eigenvalue weighted by Gasteiger charge is -2.07. The van der Waals surface area contributed by atoms with Gasteiger partial charge in [0.05, 0.1) is 12.8 Å². The molecule has 1 aromatic heterocycles. The molecule has 3 rings (SSSR count). The van der Waals surface area contributed by atoms with Crippen molar-refractivity contribution >= 4 is 10.9 Å². The highest BCUT2D eigenvalue weighted by Gasteiger charge is 2.08. The summed E-state index contributed by atoms with van der Waals surface area (Å²) in [5.41, 5.74) is 2.85. The van der Waals surface area contributed by atoms with Crippen molar-refractivity contribution in [1.29, 1.82) is 0 Å². The summed E-state index contributed by atoms with van der Waals surface area (Å²) in [5, 5.41) is 1.00. The molecule has 0 spiro atoms. The first kappa shape index (κ1) is 10.7. The van der Waals surface area contributed by atoms with Crippen LogP contribution in [0.2, 0.25) is 0 Å². The molecule has 0 radical (unpaired) electrons. The Morgan fingerprint density at radius 3 is 2.50 bits per heavy atom. The zero-order chi connectivity index (χ0) is 12.4. The molecule has 0 unspecified atom stereocenters. The van der Waals surface area contributed by atoms with Gasteiger partial charge in [-0.25, -0.2) is 9.97 Å². The summed E-state index contributed by atoms with van der Waals surface area (Å²) in [6, 6.07) is 16.0. The Balaban J connectivity index is 2.32. The van der Waals surface area contributed by atoms with Crippen molar-refractivity contribution in [3.63, 3.8) is 0 Å². The average Bonchev–Trinajstić information content (AvgIpc) is 2.47. The number of benzene rings is 2. The summed E-state index contributed by atoms with van der Waals surface area (Å²) in [5.74, 6) is 0.770. The van der Waals surface area contributed by atoms with Gasteiger partial charge in [-0.15, -0.1) is 0 Å². The van der Waals surface area contributed by atoms with Crippen molar-refractivity contribution in [1.82, 2.24) is 9.97 Å². The molecule has 0 bridgehead atoms. The van der Waals surface area contributed by atoms with E-state index in [-0.39, 0.29) is 0 Å². The van der Waals surface area contributed by atoms with Crippen molar-refractivity contribution in [2.24, 2.45) is 0 Å². The highest BCUT2D eigenvalue weighted by Crippen LogP contribution is 2.29. The fourth-order valence-corrected chi connectivity index (χ4v) is 2.05. The Morgan fingerprint density at radius 1 is 0.889 bits per heavy atom.